The fourth-order valence-electron chi connectivity index (χ4n) is 2.83. The molecular formula is C15H15ClN2O3S2. The molecule has 0 aromatic carbocycles. The van der Waals surface area contributed by atoms with Crippen LogP contribution in [0.4, 0.5) is 5.13 Å². The molecule has 2 aromatic heterocycles. The molecule has 2 N–H and O–H groups in total. The highest BCUT2D eigenvalue weighted by Crippen LogP contribution is 2.34. The number of amides is 1. The van der Waals surface area contributed by atoms with E-state index in [2.05, 4.69) is 10.3 Å². The molecular weight excluding hydrogens is 356 g/mol. The first-order valence-corrected chi connectivity index (χ1v) is 9.37. The van der Waals surface area contributed by atoms with Crippen LogP contribution in [0, 0.1) is 11.8 Å². The number of nitrogens with zero attached hydrogens (tertiary/aromatic N) is 1. The van der Waals surface area contributed by atoms with Crippen LogP contribution in [-0.4, -0.2) is 22.0 Å². The number of aliphatic carboxylic acids is 1. The maximum atomic E-state index is 12.4. The van der Waals surface area contributed by atoms with E-state index in [0.717, 1.165) is 23.4 Å². The normalized spacial score (nSPS) is 21.1. The standard InChI is InChI=1S/C15H15ClN2O3S2/c16-12-6-5-11(23-12)10-7-22-15(17-10)18-13(19)8-3-1-2-4-9(8)14(20)21/h5-9H,1-4H2,(H,20,21)(H,17,18,19)/t8-,9-/m0/s1. The number of halogens is 1. The summed E-state index contributed by atoms with van der Waals surface area (Å²) in [5.74, 6) is -2.22. The summed E-state index contributed by atoms with van der Waals surface area (Å²) < 4.78 is 0.685. The van der Waals surface area contributed by atoms with Crippen molar-refractivity contribution in [1.82, 2.24) is 4.98 Å². The first kappa shape index (κ1) is 16.4. The largest absolute Gasteiger partial charge is 0.481 e. The Kier molecular flexibility index (Phi) is 4.99. The Balaban J connectivity index is 1.70. The van der Waals surface area contributed by atoms with Gasteiger partial charge in [-0.25, -0.2) is 4.98 Å². The Morgan fingerprint density at radius 2 is 2.00 bits per heavy atom. The van der Waals surface area contributed by atoms with Crippen LogP contribution < -0.4 is 5.32 Å². The van der Waals surface area contributed by atoms with Crippen molar-refractivity contribution in [3.63, 3.8) is 0 Å². The van der Waals surface area contributed by atoms with Gasteiger partial charge in [-0.3, -0.25) is 9.59 Å². The summed E-state index contributed by atoms with van der Waals surface area (Å²) in [5.41, 5.74) is 0.764. The lowest BCUT2D eigenvalue weighted by atomic mass is 9.79. The quantitative estimate of drug-likeness (QED) is 0.838. The van der Waals surface area contributed by atoms with Gasteiger partial charge < -0.3 is 10.4 Å². The molecule has 0 aliphatic heterocycles. The molecule has 2 heterocycles. The lowest BCUT2D eigenvalue weighted by Crippen LogP contribution is -2.36. The number of hydrogen-bond donors (Lipinski definition) is 2. The number of thiophene rings is 1. The fourth-order valence-corrected chi connectivity index (χ4v) is 4.63. The van der Waals surface area contributed by atoms with Gasteiger partial charge in [0, 0.05) is 5.38 Å². The molecule has 0 bridgehead atoms. The summed E-state index contributed by atoms with van der Waals surface area (Å²) in [6, 6.07) is 3.69. The smallest absolute Gasteiger partial charge is 0.307 e. The third kappa shape index (κ3) is 3.73. The maximum Gasteiger partial charge on any atom is 0.307 e. The van der Waals surface area contributed by atoms with E-state index < -0.39 is 17.8 Å². The van der Waals surface area contributed by atoms with E-state index in [-0.39, 0.29) is 5.91 Å². The average Bonchev–Trinajstić information content (AvgIpc) is 3.16. The Bertz CT molecular complexity index is 728. The molecule has 5 nitrogen and oxygen atoms in total. The highest BCUT2D eigenvalue weighted by molar-refractivity contribution is 7.20. The predicted octanol–water partition coefficient (Wildman–Crippen LogP) is 4.35. The Labute approximate surface area is 146 Å². The van der Waals surface area contributed by atoms with Crippen molar-refractivity contribution < 1.29 is 14.7 Å². The van der Waals surface area contributed by atoms with Gasteiger partial charge >= 0.3 is 5.97 Å². The van der Waals surface area contributed by atoms with Crippen molar-refractivity contribution in [3.05, 3.63) is 21.8 Å². The van der Waals surface area contributed by atoms with Gasteiger partial charge in [0.25, 0.3) is 0 Å². The zero-order chi connectivity index (χ0) is 16.4. The van der Waals surface area contributed by atoms with E-state index in [1.165, 1.54) is 22.7 Å². The molecule has 1 fully saturated rings. The Hall–Kier alpha value is -1.44. The van der Waals surface area contributed by atoms with Crippen LogP contribution in [0.15, 0.2) is 17.5 Å². The van der Waals surface area contributed by atoms with Gasteiger partial charge in [0.15, 0.2) is 5.13 Å². The molecule has 1 aliphatic carbocycles. The zero-order valence-electron chi connectivity index (χ0n) is 12.1. The zero-order valence-corrected chi connectivity index (χ0v) is 14.5. The van der Waals surface area contributed by atoms with Gasteiger partial charge in [-0.1, -0.05) is 24.4 Å². The molecule has 1 saturated carbocycles. The maximum absolute atomic E-state index is 12.4. The number of aromatic nitrogens is 1. The van der Waals surface area contributed by atoms with Crippen LogP contribution in [0.3, 0.4) is 0 Å². The first-order valence-electron chi connectivity index (χ1n) is 7.29. The summed E-state index contributed by atoms with van der Waals surface area (Å²) in [6.07, 6.45) is 2.92. The number of nitrogens with one attached hydrogen (secondary N) is 1. The number of carboxylic acids is 1. The van der Waals surface area contributed by atoms with E-state index in [4.69, 9.17) is 11.6 Å². The highest BCUT2D eigenvalue weighted by Gasteiger charge is 2.35. The van der Waals surface area contributed by atoms with Gasteiger partial charge in [-0.15, -0.1) is 22.7 Å². The second-order valence-electron chi connectivity index (χ2n) is 5.47. The van der Waals surface area contributed by atoms with Gasteiger partial charge in [-0.05, 0) is 25.0 Å². The number of carboxylic acid groups (broad SMARTS) is 1. The second kappa shape index (κ2) is 6.98. The third-order valence-electron chi connectivity index (χ3n) is 3.98. The number of carbonyl (C=O) groups is 2. The summed E-state index contributed by atoms with van der Waals surface area (Å²) in [5, 5.41) is 14.4. The molecule has 0 spiro atoms. The molecule has 1 amide bonds. The molecule has 8 heteroatoms. The third-order valence-corrected chi connectivity index (χ3v) is 5.99. The van der Waals surface area contributed by atoms with Crippen LogP contribution in [-0.2, 0) is 9.59 Å². The van der Waals surface area contributed by atoms with Gasteiger partial charge in [-0.2, -0.15) is 0 Å². The van der Waals surface area contributed by atoms with Crippen LogP contribution in [0.2, 0.25) is 4.34 Å². The van der Waals surface area contributed by atoms with Crippen molar-refractivity contribution in [1.29, 1.82) is 0 Å². The summed E-state index contributed by atoms with van der Waals surface area (Å²) in [4.78, 5) is 29.0. The SMILES string of the molecule is O=C(O)[C@H]1CCCC[C@@H]1C(=O)Nc1nc(-c2ccc(Cl)s2)cs1. The fraction of sp³-hybridized carbons (Fsp3) is 0.400. The van der Waals surface area contributed by atoms with Crippen molar-refractivity contribution in [2.75, 3.05) is 5.32 Å². The molecule has 2 atom stereocenters. The molecule has 3 rings (SSSR count). The van der Waals surface area contributed by atoms with Gasteiger partial charge in [0.05, 0.1) is 26.7 Å². The number of rotatable bonds is 4. The highest BCUT2D eigenvalue weighted by atomic mass is 35.5. The van der Waals surface area contributed by atoms with E-state index in [9.17, 15) is 14.7 Å². The average molecular weight is 371 g/mol. The number of hydrogen-bond acceptors (Lipinski definition) is 5. The second-order valence-corrected chi connectivity index (χ2v) is 8.04. The van der Waals surface area contributed by atoms with Crippen molar-refractivity contribution in [3.8, 4) is 10.6 Å². The lowest BCUT2D eigenvalue weighted by Gasteiger charge is -2.26. The minimum absolute atomic E-state index is 0.248. The van der Waals surface area contributed by atoms with Gasteiger partial charge in [0.1, 0.15) is 0 Å². The molecule has 122 valence electrons. The van der Waals surface area contributed by atoms with Crippen molar-refractivity contribution in [2.24, 2.45) is 11.8 Å². The van der Waals surface area contributed by atoms with E-state index in [1.54, 1.807) is 6.07 Å². The number of anilines is 1. The van der Waals surface area contributed by atoms with Crippen molar-refractivity contribution in [2.45, 2.75) is 25.7 Å². The molecule has 0 unspecified atom stereocenters. The summed E-state index contributed by atoms with van der Waals surface area (Å²) in [7, 11) is 0. The number of carbonyl (C=O) groups excluding carboxylic acids is 1. The summed E-state index contributed by atoms with van der Waals surface area (Å²) in [6.45, 7) is 0. The minimum atomic E-state index is -0.891. The topological polar surface area (TPSA) is 79.3 Å². The van der Waals surface area contributed by atoms with Gasteiger partial charge in [0.2, 0.25) is 5.91 Å². The molecule has 23 heavy (non-hydrogen) atoms. The summed E-state index contributed by atoms with van der Waals surface area (Å²) >= 11 is 8.67. The molecule has 0 radical (unpaired) electrons. The van der Waals surface area contributed by atoms with E-state index >= 15 is 0 Å². The molecule has 0 saturated heterocycles. The Morgan fingerprint density at radius 1 is 1.26 bits per heavy atom. The lowest BCUT2D eigenvalue weighted by molar-refractivity contribution is -0.147. The first-order chi connectivity index (χ1) is 11.0. The Morgan fingerprint density at radius 3 is 2.65 bits per heavy atom. The van der Waals surface area contributed by atoms with Crippen LogP contribution >= 0.6 is 34.3 Å². The van der Waals surface area contributed by atoms with E-state index in [0.29, 0.717) is 22.3 Å². The van der Waals surface area contributed by atoms with Crippen LogP contribution in [0.25, 0.3) is 10.6 Å². The van der Waals surface area contributed by atoms with E-state index in [1.807, 2.05) is 11.4 Å². The predicted molar refractivity (Wildman–Crippen MR) is 92.2 cm³/mol. The van der Waals surface area contributed by atoms with Crippen LogP contribution in [0.5, 0.6) is 0 Å². The van der Waals surface area contributed by atoms with Crippen molar-refractivity contribution >= 4 is 51.3 Å². The molecule has 2 aromatic rings. The minimum Gasteiger partial charge on any atom is -0.481 e. The van der Waals surface area contributed by atoms with Crippen LogP contribution in [0.1, 0.15) is 25.7 Å². The monoisotopic (exact) mass is 370 g/mol. The number of thiazole rings is 1. The molecule has 1 aliphatic rings.